The van der Waals surface area contributed by atoms with E-state index in [0.29, 0.717) is 12.5 Å². The number of hydrogen-bond donors (Lipinski definition) is 1. The number of H-pyrrole nitrogens is 1. The van der Waals surface area contributed by atoms with Gasteiger partial charge in [0.15, 0.2) is 0 Å². The molecule has 0 aliphatic carbocycles. The van der Waals surface area contributed by atoms with Gasteiger partial charge in [0.2, 0.25) is 5.95 Å². The molecule has 0 bridgehead atoms. The molecule has 0 fully saturated rings. The van der Waals surface area contributed by atoms with E-state index in [2.05, 4.69) is 24.8 Å². The lowest BCUT2D eigenvalue weighted by Crippen LogP contribution is -2.20. The van der Waals surface area contributed by atoms with Crippen molar-refractivity contribution in [2.24, 2.45) is 0 Å². The largest absolute Gasteiger partial charge is 0.340 e. The molecule has 4 rings (SSSR count). The molecule has 1 N–H and O–H groups in total. The van der Waals surface area contributed by atoms with Crippen molar-refractivity contribution in [3.8, 4) is 0 Å². The third kappa shape index (κ3) is 2.84. The van der Waals surface area contributed by atoms with Crippen LogP contribution in [-0.2, 0) is 6.54 Å². The average molecular weight is 315 g/mol. The summed E-state index contributed by atoms with van der Waals surface area (Å²) in [5.41, 5.74) is 3.96. The second kappa shape index (κ2) is 6.12. The highest BCUT2D eigenvalue weighted by atomic mass is 15.3. The summed E-state index contributed by atoms with van der Waals surface area (Å²) in [5.74, 6) is 1.55. The number of rotatable bonds is 4. The molecule has 4 aromatic rings. The van der Waals surface area contributed by atoms with E-state index in [4.69, 9.17) is 0 Å². The van der Waals surface area contributed by atoms with Gasteiger partial charge in [-0.05, 0) is 37.3 Å². The van der Waals surface area contributed by atoms with Crippen molar-refractivity contribution >= 4 is 22.7 Å². The normalized spacial score (nSPS) is 10.9. The molecule has 0 aliphatic heterocycles. The summed E-state index contributed by atoms with van der Waals surface area (Å²) >= 11 is 0. The van der Waals surface area contributed by atoms with Crippen molar-refractivity contribution in [3.63, 3.8) is 0 Å². The summed E-state index contributed by atoms with van der Waals surface area (Å²) in [7, 11) is 0. The molecule has 0 amide bonds. The van der Waals surface area contributed by atoms with Crippen molar-refractivity contribution < 1.29 is 0 Å². The first-order valence-corrected chi connectivity index (χ1v) is 7.85. The minimum atomic E-state index is 0.572. The van der Waals surface area contributed by atoms with Gasteiger partial charge in [0.25, 0.3) is 0 Å². The molecule has 5 heteroatoms. The highest BCUT2D eigenvalue weighted by molar-refractivity contribution is 5.75. The lowest BCUT2D eigenvalue weighted by atomic mass is 10.3. The van der Waals surface area contributed by atoms with Crippen LogP contribution in [-0.4, -0.2) is 19.9 Å². The summed E-state index contributed by atoms with van der Waals surface area (Å²) in [6.45, 7) is 2.54. The Morgan fingerprint density at radius 1 is 0.917 bits per heavy atom. The van der Waals surface area contributed by atoms with Crippen LogP contribution >= 0.6 is 0 Å². The number of anilines is 2. The van der Waals surface area contributed by atoms with Crippen LogP contribution in [0.2, 0.25) is 0 Å². The maximum Gasteiger partial charge on any atom is 0.230 e. The number of aromatic nitrogens is 4. The average Bonchev–Trinajstić information content (AvgIpc) is 3.03. The molecule has 0 unspecified atom stereocenters. The van der Waals surface area contributed by atoms with E-state index < -0.39 is 0 Å². The molecular weight excluding hydrogens is 298 g/mol. The van der Waals surface area contributed by atoms with Crippen molar-refractivity contribution in [3.05, 3.63) is 78.4 Å². The maximum absolute atomic E-state index is 4.67. The maximum atomic E-state index is 4.67. The highest BCUT2D eigenvalue weighted by Gasteiger charge is 2.15. The van der Waals surface area contributed by atoms with Crippen LogP contribution in [0.25, 0.3) is 11.0 Å². The Balaban J connectivity index is 1.75. The van der Waals surface area contributed by atoms with Gasteiger partial charge < -0.3 is 9.88 Å². The second-order valence-corrected chi connectivity index (χ2v) is 5.62. The Kier molecular flexibility index (Phi) is 3.67. The van der Waals surface area contributed by atoms with E-state index in [1.54, 1.807) is 6.20 Å². The minimum absolute atomic E-state index is 0.572. The van der Waals surface area contributed by atoms with Gasteiger partial charge in [-0.3, -0.25) is 0 Å². The SMILES string of the molecule is Cc1ccnc(N(Cc2nc3ccccc3[nH]2)c2ccccc2)n1. The molecule has 0 aliphatic rings. The lowest BCUT2D eigenvalue weighted by molar-refractivity contribution is 0.857. The van der Waals surface area contributed by atoms with Crippen molar-refractivity contribution in [2.45, 2.75) is 13.5 Å². The molecule has 5 nitrogen and oxygen atoms in total. The van der Waals surface area contributed by atoms with Crippen LogP contribution in [0.15, 0.2) is 66.9 Å². The number of benzene rings is 2. The van der Waals surface area contributed by atoms with Gasteiger partial charge in [0.05, 0.1) is 17.6 Å². The summed E-state index contributed by atoms with van der Waals surface area (Å²) < 4.78 is 0. The van der Waals surface area contributed by atoms with E-state index in [0.717, 1.165) is 28.2 Å². The Hall–Kier alpha value is -3.21. The zero-order valence-electron chi connectivity index (χ0n) is 13.3. The smallest absolute Gasteiger partial charge is 0.230 e. The third-order valence-electron chi connectivity index (χ3n) is 3.84. The van der Waals surface area contributed by atoms with Crippen LogP contribution in [0, 0.1) is 6.92 Å². The predicted molar refractivity (Wildman–Crippen MR) is 95.1 cm³/mol. The number of fused-ring (bicyclic) bond motifs is 1. The van der Waals surface area contributed by atoms with Gasteiger partial charge >= 0.3 is 0 Å². The Morgan fingerprint density at radius 2 is 1.71 bits per heavy atom. The van der Waals surface area contributed by atoms with Gasteiger partial charge in [0.1, 0.15) is 5.82 Å². The first-order valence-electron chi connectivity index (χ1n) is 7.85. The van der Waals surface area contributed by atoms with Crippen LogP contribution in [0.4, 0.5) is 11.6 Å². The lowest BCUT2D eigenvalue weighted by Gasteiger charge is -2.21. The van der Waals surface area contributed by atoms with E-state index in [1.165, 1.54) is 0 Å². The molecule has 2 aromatic heterocycles. The summed E-state index contributed by atoms with van der Waals surface area (Å²) in [6.07, 6.45) is 1.78. The topological polar surface area (TPSA) is 57.7 Å². The zero-order valence-corrected chi connectivity index (χ0v) is 13.3. The van der Waals surface area contributed by atoms with Crippen LogP contribution in [0.5, 0.6) is 0 Å². The zero-order chi connectivity index (χ0) is 16.4. The quantitative estimate of drug-likeness (QED) is 0.618. The molecule has 0 spiro atoms. The van der Waals surface area contributed by atoms with E-state index in [9.17, 15) is 0 Å². The molecule has 24 heavy (non-hydrogen) atoms. The van der Waals surface area contributed by atoms with Crippen molar-refractivity contribution in [1.82, 2.24) is 19.9 Å². The fourth-order valence-electron chi connectivity index (χ4n) is 2.68. The van der Waals surface area contributed by atoms with E-state index in [-0.39, 0.29) is 0 Å². The molecular formula is C19H17N5. The van der Waals surface area contributed by atoms with E-state index >= 15 is 0 Å². The molecule has 0 saturated heterocycles. The van der Waals surface area contributed by atoms with Crippen LogP contribution < -0.4 is 4.90 Å². The fraction of sp³-hybridized carbons (Fsp3) is 0.105. The van der Waals surface area contributed by atoms with Gasteiger partial charge in [-0.15, -0.1) is 0 Å². The fourth-order valence-corrected chi connectivity index (χ4v) is 2.68. The molecule has 2 aromatic carbocycles. The summed E-state index contributed by atoms with van der Waals surface area (Å²) in [6, 6.07) is 20.0. The van der Waals surface area contributed by atoms with Crippen LogP contribution in [0.3, 0.4) is 0 Å². The number of nitrogens with zero attached hydrogens (tertiary/aromatic N) is 4. The number of aromatic amines is 1. The monoisotopic (exact) mass is 315 g/mol. The van der Waals surface area contributed by atoms with Gasteiger partial charge in [-0.25, -0.2) is 15.0 Å². The Morgan fingerprint density at radius 3 is 2.50 bits per heavy atom. The van der Waals surface area contributed by atoms with Gasteiger partial charge in [-0.1, -0.05) is 30.3 Å². The third-order valence-corrected chi connectivity index (χ3v) is 3.84. The second-order valence-electron chi connectivity index (χ2n) is 5.62. The number of hydrogen-bond acceptors (Lipinski definition) is 4. The number of imidazole rings is 1. The number of para-hydroxylation sites is 3. The standard InChI is InChI=1S/C19H17N5/c1-14-11-12-20-19(21-14)24(15-7-3-2-4-8-15)13-18-22-16-9-5-6-10-17(16)23-18/h2-12H,13H2,1H3,(H,22,23). The molecule has 0 radical (unpaired) electrons. The molecule has 2 heterocycles. The summed E-state index contributed by atoms with van der Waals surface area (Å²) in [5, 5.41) is 0. The Bertz CT molecular complexity index is 929. The first-order chi connectivity index (χ1) is 11.8. The minimum Gasteiger partial charge on any atom is -0.340 e. The van der Waals surface area contributed by atoms with Gasteiger partial charge in [0, 0.05) is 17.6 Å². The van der Waals surface area contributed by atoms with Crippen LogP contribution in [0.1, 0.15) is 11.5 Å². The molecule has 118 valence electrons. The molecule has 0 saturated carbocycles. The predicted octanol–water partition coefficient (Wildman–Crippen LogP) is 4.00. The number of nitrogens with one attached hydrogen (secondary N) is 1. The van der Waals surface area contributed by atoms with Crippen molar-refractivity contribution in [1.29, 1.82) is 0 Å². The van der Waals surface area contributed by atoms with Crippen molar-refractivity contribution in [2.75, 3.05) is 4.90 Å². The first kappa shape index (κ1) is 14.4. The Labute approximate surface area is 140 Å². The van der Waals surface area contributed by atoms with E-state index in [1.807, 2.05) is 67.6 Å². The summed E-state index contributed by atoms with van der Waals surface area (Å²) in [4.78, 5) is 19.1. The molecule has 0 atom stereocenters. The highest BCUT2D eigenvalue weighted by Crippen LogP contribution is 2.24. The van der Waals surface area contributed by atoms with Gasteiger partial charge in [-0.2, -0.15) is 0 Å². The number of aryl methyl sites for hydroxylation is 1.